The highest BCUT2D eigenvalue weighted by atomic mass is 28.3. The van der Waals surface area contributed by atoms with E-state index >= 15 is 0 Å². The quantitative estimate of drug-likeness (QED) is 0.422. The number of nitrogens with one attached hydrogen (secondary N) is 1. The van der Waals surface area contributed by atoms with Crippen molar-refractivity contribution < 1.29 is 5.11 Å². The molecule has 1 aliphatic rings. The van der Waals surface area contributed by atoms with Gasteiger partial charge in [0.15, 0.2) is 0 Å². The smallest absolute Gasteiger partial charge is 0.129 e. The van der Waals surface area contributed by atoms with E-state index < -0.39 is 8.07 Å². The minimum absolute atomic E-state index is 0.164. The number of rotatable bonds is 0. The normalized spacial score (nSPS) is 29.7. The summed E-state index contributed by atoms with van der Waals surface area (Å²) in [6, 6.07) is 0. The molecule has 1 aliphatic heterocycles. The van der Waals surface area contributed by atoms with E-state index in [1.807, 2.05) is 0 Å². The van der Waals surface area contributed by atoms with Gasteiger partial charge in [0.2, 0.25) is 0 Å². The van der Waals surface area contributed by atoms with E-state index in [0.717, 1.165) is 6.54 Å². The summed E-state index contributed by atoms with van der Waals surface area (Å²) in [6.07, 6.45) is -0.256. The Labute approximate surface area is 75.4 Å². The van der Waals surface area contributed by atoms with Gasteiger partial charge >= 0.3 is 0 Å². The van der Waals surface area contributed by atoms with E-state index in [-0.39, 0.29) is 12.0 Å². The maximum absolute atomic E-state index is 9.44. The predicted molar refractivity (Wildman–Crippen MR) is 53.5 cm³/mol. The maximum Gasteiger partial charge on any atom is 0.129 e. The first kappa shape index (κ1) is 9.78. The van der Waals surface area contributed by atoms with Crippen LogP contribution in [0.25, 0.3) is 0 Å². The minimum Gasteiger partial charge on any atom is -0.390 e. The fourth-order valence-corrected chi connectivity index (χ4v) is 1.74. The average Bonchev–Trinajstić information content (AvgIpc) is 2.29. The molecule has 0 saturated carbocycles. The second-order valence-corrected chi connectivity index (χ2v) is 9.10. The van der Waals surface area contributed by atoms with Crippen molar-refractivity contribution >= 4 is 8.07 Å². The summed E-state index contributed by atoms with van der Waals surface area (Å²) in [5.41, 5.74) is 3.28. The Morgan fingerprint density at radius 3 is 2.42 bits per heavy atom. The first-order valence-corrected chi connectivity index (χ1v) is 7.90. The zero-order valence-corrected chi connectivity index (χ0v) is 9.02. The molecule has 2 atom stereocenters. The number of aliphatic hydroxyl groups is 1. The van der Waals surface area contributed by atoms with Crippen molar-refractivity contribution in [3.63, 3.8) is 0 Å². The Hall–Kier alpha value is -0.303. The molecule has 1 rings (SSSR count). The van der Waals surface area contributed by atoms with Crippen LogP contribution in [0.4, 0.5) is 0 Å². The van der Waals surface area contributed by atoms with Crippen molar-refractivity contribution in [3.8, 4) is 11.5 Å². The summed E-state index contributed by atoms with van der Waals surface area (Å²) in [7, 11) is -1.25. The lowest BCUT2D eigenvalue weighted by atomic mass is 10.1. The number of hydrogen-bond donors (Lipinski definition) is 2. The lowest BCUT2D eigenvalue weighted by Crippen LogP contribution is -2.20. The molecule has 12 heavy (non-hydrogen) atoms. The van der Waals surface area contributed by atoms with Gasteiger partial charge in [-0.1, -0.05) is 19.6 Å². The van der Waals surface area contributed by atoms with Crippen LogP contribution in [0.15, 0.2) is 0 Å². The standard InChI is InChI=1S/C9H17NOSi/c1-12(2,3)5-4-8-6-10-7-9(8)11/h8-11H,6-7H2,1-3H3/t8-,9-/m0/s1. The van der Waals surface area contributed by atoms with Gasteiger partial charge in [-0.2, -0.15) is 0 Å². The van der Waals surface area contributed by atoms with Crippen LogP contribution in [0.2, 0.25) is 19.6 Å². The molecule has 3 heteroatoms. The molecule has 2 nitrogen and oxygen atoms in total. The van der Waals surface area contributed by atoms with Gasteiger partial charge in [-0.15, -0.1) is 11.5 Å². The van der Waals surface area contributed by atoms with Crippen LogP contribution in [0.3, 0.4) is 0 Å². The molecule has 0 aromatic heterocycles. The van der Waals surface area contributed by atoms with E-state index in [4.69, 9.17) is 0 Å². The first-order chi connectivity index (χ1) is 5.49. The predicted octanol–water partition coefficient (Wildman–Crippen LogP) is 0.447. The van der Waals surface area contributed by atoms with E-state index in [1.54, 1.807) is 0 Å². The van der Waals surface area contributed by atoms with Crippen molar-refractivity contribution in [1.29, 1.82) is 0 Å². The average molecular weight is 183 g/mol. The lowest BCUT2D eigenvalue weighted by Gasteiger charge is -2.07. The molecule has 0 aromatic carbocycles. The molecule has 0 bridgehead atoms. The SMILES string of the molecule is C[Si](C)(C)C#C[C@H]1CNC[C@@H]1O. The van der Waals surface area contributed by atoms with Gasteiger partial charge in [0.1, 0.15) is 8.07 Å². The van der Waals surface area contributed by atoms with Crippen LogP contribution in [0, 0.1) is 17.4 Å². The topological polar surface area (TPSA) is 32.3 Å². The van der Waals surface area contributed by atoms with Crippen LogP contribution in [0.5, 0.6) is 0 Å². The summed E-state index contributed by atoms with van der Waals surface area (Å²) in [6.45, 7) is 8.20. The summed E-state index contributed by atoms with van der Waals surface area (Å²) in [4.78, 5) is 0. The van der Waals surface area contributed by atoms with Crippen LogP contribution in [0.1, 0.15) is 0 Å². The Bertz CT molecular complexity index is 211. The van der Waals surface area contributed by atoms with Gasteiger partial charge in [-0.05, 0) is 0 Å². The van der Waals surface area contributed by atoms with Gasteiger partial charge in [0.25, 0.3) is 0 Å². The van der Waals surface area contributed by atoms with Crippen LogP contribution in [-0.2, 0) is 0 Å². The minimum atomic E-state index is -1.25. The fourth-order valence-electron chi connectivity index (χ4n) is 1.12. The zero-order chi connectivity index (χ0) is 9.19. The summed E-state index contributed by atoms with van der Waals surface area (Å²) < 4.78 is 0. The van der Waals surface area contributed by atoms with Crippen LogP contribution in [-0.4, -0.2) is 32.4 Å². The van der Waals surface area contributed by atoms with Crippen molar-refractivity contribution in [2.75, 3.05) is 13.1 Å². The molecule has 1 fully saturated rings. The number of β-amino-alcohol motifs (C(OH)–C–C–N with tert-alkyl or cyclic N) is 1. The molecular formula is C9H17NOSi. The fraction of sp³-hybridized carbons (Fsp3) is 0.778. The van der Waals surface area contributed by atoms with Gasteiger partial charge in [-0.3, -0.25) is 0 Å². The Balaban J connectivity index is 2.53. The largest absolute Gasteiger partial charge is 0.390 e. The summed E-state index contributed by atoms with van der Waals surface area (Å²) in [5, 5.41) is 12.6. The molecule has 0 spiro atoms. The molecule has 0 unspecified atom stereocenters. The van der Waals surface area contributed by atoms with Gasteiger partial charge in [-0.25, -0.2) is 0 Å². The highest BCUT2D eigenvalue weighted by molar-refractivity contribution is 6.83. The third kappa shape index (κ3) is 2.98. The lowest BCUT2D eigenvalue weighted by molar-refractivity contribution is 0.171. The van der Waals surface area contributed by atoms with Crippen LogP contribution >= 0.6 is 0 Å². The van der Waals surface area contributed by atoms with Crippen LogP contribution < -0.4 is 5.32 Å². The maximum atomic E-state index is 9.44. The molecular weight excluding hydrogens is 166 g/mol. The Kier molecular flexibility index (Phi) is 2.94. The molecule has 68 valence electrons. The van der Waals surface area contributed by atoms with Gasteiger partial charge in [0.05, 0.1) is 12.0 Å². The molecule has 1 saturated heterocycles. The summed E-state index contributed by atoms with van der Waals surface area (Å²) >= 11 is 0. The van der Waals surface area contributed by atoms with E-state index in [2.05, 4.69) is 36.4 Å². The monoisotopic (exact) mass is 183 g/mol. The Morgan fingerprint density at radius 2 is 2.00 bits per heavy atom. The third-order valence-electron chi connectivity index (χ3n) is 1.81. The first-order valence-electron chi connectivity index (χ1n) is 4.40. The van der Waals surface area contributed by atoms with Crippen molar-refractivity contribution in [3.05, 3.63) is 0 Å². The number of aliphatic hydroxyl groups excluding tert-OH is 1. The van der Waals surface area contributed by atoms with E-state index in [1.165, 1.54) is 0 Å². The molecule has 0 aliphatic carbocycles. The second-order valence-electron chi connectivity index (χ2n) is 4.35. The van der Waals surface area contributed by atoms with E-state index in [0.29, 0.717) is 6.54 Å². The van der Waals surface area contributed by atoms with Crippen molar-refractivity contribution in [1.82, 2.24) is 5.32 Å². The molecule has 0 aromatic rings. The van der Waals surface area contributed by atoms with Crippen molar-refractivity contribution in [2.45, 2.75) is 25.7 Å². The summed E-state index contributed by atoms with van der Waals surface area (Å²) in [5.74, 6) is 3.33. The van der Waals surface area contributed by atoms with Crippen molar-refractivity contribution in [2.24, 2.45) is 5.92 Å². The highest BCUT2D eigenvalue weighted by Crippen LogP contribution is 2.07. The highest BCUT2D eigenvalue weighted by Gasteiger charge is 2.23. The van der Waals surface area contributed by atoms with E-state index in [9.17, 15) is 5.11 Å². The second kappa shape index (κ2) is 3.61. The molecule has 0 radical (unpaired) electrons. The van der Waals surface area contributed by atoms with Gasteiger partial charge < -0.3 is 10.4 Å². The zero-order valence-electron chi connectivity index (χ0n) is 8.02. The van der Waals surface area contributed by atoms with Gasteiger partial charge in [0, 0.05) is 13.1 Å². The number of hydrogen-bond acceptors (Lipinski definition) is 2. The third-order valence-corrected chi connectivity index (χ3v) is 2.71. The molecule has 1 heterocycles. The molecule has 2 N–H and O–H groups in total. The molecule has 0 amide bonds. The Morgan fingerprint density at radius 1 is 1.33 bits per heavy atom.